The second-order valence-electron chi connectivity index (χ2n) is 13.4. The van der Waals surface area contributed by atoms with Gasteiger partial charge in [-0.25, -0.2) is 22.4 Å². The highest BCUT2D eigenvalue weighted by atomic mass is 28.3. The van der Waals surface area contributed by atoms with Gasteiger partial charge in [0.25, 0.3) is 0 Å². The van der Waals surface area contributed by atoms with Gasteiger partial charge in [0.2, 0.25) is 0 Å². The van der Waals surface area contributed by atoms with Gasteiger partial charge in [-0.05, 0) is 49.1 Å². The molecule has 0 aromatic heterocycles. The van der Waals surface area contributed by atoms with Gasteiger partial charge in [-0.1, -0.05) is 83.6 Å². The van der Waals surface area contributed by atoms with Gasteiger partial charge in [0.15, 0.2) is 23.3 Å². The number of esters is 2. The third-order valence-electron chi connectivity index (χ3n) is 8.49. The monoisotopic (exact) mass is 716 g/mol. The van der Waals surface area contributed by atoms with E-state index in [2.05, 4.69) is 6.58 Å². The molecule has 0 bridgehead atoms. The first-order chi connectivity index (χ1) is 23.6. The molecule has 3 rings (SSSR count). The largest absolute Gasteiger partial charge is 0.493 e. The van der Waals surface area contributed by atoms with Crippen LogP contribution in [0.25, 0.3) is 22.3 Å². The number of aliphatic hydroxyl groups excluding tert-OH is 1. The highest BCUT2D eigenvalue weighted by molar-refractivity contribution is 6.89. The Kier molecular flexibility index (Phi) is 14.8. The van der Waals surface area contributed by atoms with Crippen LogP contribution in [0.2, 0.25) is 19.1 Å². The van der Waals surface area contributed by atoms with Crippen molar-refractivity contribution in [3.8, 4) is 28.0 Å². The van der Waals surface area contributed by atoms with E-state index in [-0.39, 0.29) is 54.4 Å². The minimum absolute atomic E-state index is 0.0276. The van der Waals surface area contributed by atoms with Gasteiger partial charge >= 0.3 is 11.9 Å². The molecule has 3 aromatic rings. The van der Waals surface area contributed by atoms with Crippen LogP contribution in [0.4, 0.5) is 17.6 Å². The average Bonchev–Trinajstić information content (AvgIpc) is 3.07. The lowest BCUT2D eigenvalue weighted by Gasteiger charge is -2.24. The highest BCUT2D eigenvalue weighted by Crippen LogP contribution is 2.37. The van der Waals surface area contributed by atoms with Gasteiger partial charge in [0.1, 0.15) is 19.0 Å². The van der Waals surface area contributed by atoms with E-state index >= 15 is 17.6 Å². The van der Waals surface area contributed by atoms with Crippen molar-refractivity contribution in [3.05, 3.63) is 82.9 Å². The summed E-state index contributed by atoms with van der Waals surface area (Å²) >= 11 is 0. The van der Waals surface area contributed by atoms with Crippen molar-refractivity contribution >= 4 is 25.2 Å². The standard InChI is InChI=1S/C39H48F4O6Si/c1-8-9-19-50(6,7)32-16-15-31(35(42)36(32)43)30-14-13-29(33(40)34(30)41)26-20-27(22-48-38(45)24(2)3)37(47-18-12-10-11-17-44)28(21-26)23-49-39(46)25(4)5/h13-16,20-21,25,44H,2,8-12,17-19,22-23H2,1,3-7H3. The predicted octanol–water partition coefficient (Wildman–Crippen LogP) is 9.15. The lowest BCUT2D eigenvalue weighted by Crippen LogP contribution is -2.43. The average molecular weight is 717 g/mol. The first-order valence-electron chi connectivity index (χ1n) is 17.0. The molecule has 0 fully saturated rings. The maximum absolute atomic E-state index is 16.0. The van der Waals surface area contributed by atoms with Crippen molar-refractivity contribution in [1.82, 2.24) is 0 Å². The van der Waals surface area contributed by atoms with Gasteiger partial charge in [0.05, 0.1) is 20.6 Å². The normalized spacial score (nSPS) is 11.5. The van der Waals surface area contributed by atoms with E-state index in [1.165, 1.54) is 43.3 Å². The summed E-state index contributed by atoms with van der Waals surface area (Å²) in [5.74, 6) is -6.35. The molecule has 3 aromatic carbocycles. The van der Waals surface area contributed by atoms with Gasteiger partial charge in [-0.2, -0.15) is 0 Å². The molecule has 1 N–H and O–H groups in total. The molecule has 0 radical (unpaired) electrons. The minimum atomic E-state index is -2.32. The predicted molar refractivity (Wildman–Crippen MR) is 190 cm³/mol. The van der Waals surface area contributed by atoms with Crippen LogP contribution in [0.5, 0.6) is 5.75 Å². The number of carbonyl (C=O) groups excluding carboxylic acids is 2. The van der Waals surface area contributed by atoms with Gasteiger partial charge in [-0.3, -0.25) is 4.79 Å². The molecule has 0 amide bonds. The highest BCUT2D eigenvalue weighted by Gasteiger charge is 2.30. The van der Waals surface area contributed by atoms with Crippen LogP contribution in [-0.4, -0.2) is 38.3 Å². The molecule has 6 nitrogen and oxygen atoms in total. The topological polar surface area (TPSA) is 82.1 Å². The first-order valence-corrected chi connectivity index (χ1v) is 20.2. The zero-order chi connectivity index (χ0) is 37.2. The molecular weight excluding hydrogens is 669 g/mol. The van der Waals surface area contributed by atoms with Crippen LogP contribution in [0.3, 0.4) is 0 Å². The van der Waals surface area contributed by atoms with Gasteiger partial charge < -0.3 is 19.3 Å². The quantitative estimate of drug-likeness (QED) is 0.0465. The Morgan fingerprint density at radius 1 is 0.820 bits per heavy atom. The summed E-state index contributed by atoms with van der Waals surface area (Å²) in [6.45, 7) is 14.0. The summed E-state index contributed by atoms with van der Waals surface area (Å²) in [6.07, 6.45) is 3.62. The molecule has 0 aliphatic carbocycles. The number of halogens is 4. The Labute approximate surface area is 293 Å². The number of ether oxygens (including phenoxy) is 3. The van der Waals surface area contributed by atoms with Crippen molar-refractivity contribution in [2.75, 3.05) is 13.2 Å². The van der Waals surface area contributed by atoms with Crippen LogP contribution >= 0.6 is 0 Å². The third kappa shape index (κ3) is 10.1. The van der Waals surface area contributed by atoms with Crippen molar-refractivity contribution in [3.63, 3.8) is 0 Å². The van der Waals surface area contributed by atoms with Crippen molar-refractivity contribution in [2.24, 2.45) is 5.92 Å². The van der Waals surface area contributed by atoms with Crippen LogP contribution in [0.15, 0.2) is 48.6 Å². The molecule has 272 valence electrons. The van der Waals surface area contributed by atoms with Crippen LogP contribution in [-0.2, 0) is 32.3 Å². The number of carbonyl (C=O) groups is 2. The van der Waals surface area contributed by atoms with Gasteiger partial charge in [0, 0.05) is 40.0 Å². The number of benzene rings is 3. The number of hydrogen-bond donors (Lipinski definition) is 1. The van der Waals surface area contributed by atoms with E-state index in [0.29, 0.717) is 30.0 Å². The second kappa shape index (κ2) is 18.3. The van der Waals surface area contributed by atoms with E-state index in [9.17, 15) is 9.59 Å². The molecule has 0 aliphatic rings. The van der Waals surface area contributed by atoms with Crippen molar-refractivity contribution < 1.29 is 46.5 Å². The molecule has 0 atom stereocenters. The fourth-order valence-electron chi connectivity index (χ4n) is 5.47. The molecule has 0 aliphatic heterocycles. The zero-order valence-corrected chi connectivity index (χ0v) is 30.8. The summed E-state index contributed by atoms with van der Waals surface area (Å²) in [7, 11) is -2.32. The fraction of sp³-hybridized carbons (Fsp3) is 0.436. The molecule has 11 heteroatoms. The van der Waals surface area contributed by atoms with E-state index in [0.717, 1.165) is 18.9 Å². The number of aliphatic hydroxyl groups is 1. The fourth-order valence-corrected chi connectivity index (χ4v) is 8.22. The summed E-state index contributed by atoms with van der Waals surface area (Å²) in [5.41, 5.74) is -0.163. The minimum Gasteiger partial charge on any atom is -0.493 e. The Morgan fingerprint density at radius 3 is 1.96 bits per heavy atom. The smallest absolute Gasteiger partial charge is 0.333 e. The Morgan fingerprint density at radius 2 is 1.38 bits per heavy atom. The lowest BCUT2D eigenvalue weighted by molar-refractivity contribution is -0.148. The summed E-state index contributed by atoms with van der Waals surface area (Å²) < 4.78 is 79.7. The first kappa shape index (κ1) is 40.5. The number of unbranched alkanes of at least 4 members (excludes halogenated alkanes) is 3. The number of rotatable bonds is 18. The van der Waals surface area contributed by atoms with Crippen LogP contribution in [0.1, 0.15) is 70.9 Å². The van der Waals surface area contributed by atoms with E-state index in [1.54, 1.807) is 13.8 Å². The zero-order valence-electron chi connectivity index (χ0n) is 29.8. The third-order valence-corrected chi connectivity index (χ3v) is 11.9. The Balaban J connectivity index is 2.14. The van der Waals surface area contributed by atoms with E-state index < -0.39 is 60.3 Å². The van der Waals surface area contributed by atoms with Crippen molar-refractivity contribution in [2.45, 2.75) is 92.2 Å². The number of hydrogen-bond acceptors (Lipinski definition) is 6. The summed E-state index contributed by atoms with van der Waals surface area (Å²) in [4.78, 5) is 24.7. The van der Waals surface area contributed by atoms with Crippen LogP contribution < -0.4 is 9.92 Å². The molecular formula is C39H48F4O6Si. The molecule has 0 saturated carbocycles. The summed E-state index contributed by atoms with van der Waals surface area (Å²) in [5, 5.41) is 9.42. The van der Waals surface area contributed by atoms with Crippen LogP contribution in [0, 0.1) is 29.2 Å². The molecule has 0 spiro atoms. The second-order valence-corrected chi connectivity index (χ2v) is 18.2. The molecule has 0 heterocycles. The Hall–Kier alpha value is -3.96. The molecule has 0 saturated heterocycles. The SMILES string of the molecule is C=C(C)C(=O)OCc1cc(-c2ccc(-c3ccc([Si](C)(C)CCCC)c(F)c3F)c(F)c2F)cc(COC(=O)C(C)C)c1OCCCCCO. The summed E-state index contributed by atoms with van der Waals surface area (Å²) in [6, 6.07) is 8.94. The van der Waals surface area contributed by atoms with E-state index in [4.69, 9.17) is 19.3 Å². The van der Waals surface area contributed by atoms with E-state index in [1.807, 2.05) is 20.0 Å². The Bertz CT molecular complexity index is 1690. The maximum Gasteiger partial charge on any atom is 0.333 e. The van der Waals surface area contributed by atoms with Gasteiger partial charge in [-0.15, -0.1) is 0 Å². The lowest BCUT2D eigenvalue weighted by atomic mass is 9.95. The molecule has 50 heavy (non-hydrogen) atoms. The van der Waals surface area contributed by atoms with Crippen molar-refractivity contribution in [1.29, 1.82) is 0 Å². The maximum atomic E-state index is 16.0. The molecule has 0 unspecified atom stereocenters.